The highest BCUT2D eigenvalue weighted by molar-refractivity contribution is 5.34. The summed E-state index contributed by atoms with van der Waals surface area (Å²) in [4.78, 5) is 0. The lowest BCUT2D eigenvalue weighted by Gasteiger charge is -2.38. The Kier molecular flexibility index (Phi) is 2.81. The number of fused-ring (bicyclic) bond motifs is 1. The molecule has 0 radical (unpaired) electrons. The molecule has 0 aliphatic carbocycles. The van der Waals surface area contributed by atoms with Gasteiger partial charge in [-0.05, 0) is 37.9 Å². The first-order valence-electron chi connectivity index (χ1n) is 5.51. The first kappa shape index (κ1) is 10.7. The monoisotopic (exact) mass is 205 g/mol. The molecule has 2 heteroatoms. The van der Waals surface area contributed by atoms with E-state index in [2.05, 4.69) is 43.4 Å². The van der Waals surface area contributed by atoms with E-state index >= 15 is 0 Å². The third-order valence-electron chi connectivity index (χ3n) is 3.33. The first-order chi connectivity index (χ1) is 7.15. The third-order valence-corrected chi connectivity index (χ3v) is 3.33. The molecule has 1 aromatic carbocycles. The van der Waals surface area contributed by atoms with E-state index < -0.39 is 0 Å². The van der Waals surface area contributed by atoms with Gasteiger partial charge in [0.1, 0.15) is 0 Å². The summed E-state index contributed by atoms with van der Waals surface area (Å²) >= 11 is 0. The highest BCUT2D eigenvalue weighted by Gasteiger charge is 2.33. The Balaban J connectivity index is 2.38. The number of benzene rings is 1. The van der Waals surface area contributed by atoms with Gasteiger partial charge in [-0.15, -0.1) is 0 Å². The molecule has 0 saturated heterocycles. The van der Waals surface area contributed by atoms with Gasteiger partial charge in [-0.3, -0.25) is 0 Å². The fraction of sp³-hybridized carbons (Fsp3) is 0.538. The number of nitrogens with one attached hydrogen (secondary N) is 1. The van der Waals surface area contributed by atoms with Gasteiger partial charge in [-0.25, -0.2) is 0 Å². The van der Waals surface area contributed by atoms with Gasteiger partial charge in [0, 0.05) is 7.11 Å². The Morgan fingerprint density at radius 1 is 1.33 bits per heavy atom. The van der Waals surface area contributed by atoms with Crippen molar-refractivity contribution in [1.82, 2.24) is 5.32 Å². The fourth-order valence-corrected chi connectivity index (χ4v) is 2.24. The van der Waals surface area contributed by atoms with Crippen LogP contribution in [0.3, 0.4) is 0 Å². The lowest BCUT2D eigenvalue weighted by Crippen LogP contribution is -2.44. The van der Waals surface area contributed by atoms with E-state index in [1.807, 2.05) is 0 Å². The van der Waals surface area contributed by atoms with Crippen LogP contribution in [-0.2, 0) is 11.2 Å². The molecule has 1 N–H and O–H groups in total. The van der Waals surface area contributed by atoms with Crippen LogP contribution >= 0.6 is 0 Å². The molecule has 0 amide bonds. The van der Waals surface area contributed by atoms with E-state index in [0.29, 0.717) is 6.04 Å². The van der Waals surface area contributed by atoms with Crippen LogP contribution in [0, 0.1) is 0 Å². The second-order valence-corrected chi connectivity index (χ2v) is 4.64. The van der Waals surface area contributed by atoms with Crippen molar-refractivity contribution >= 4 is 0 Å². The largest absolute Gasteiger partial charge is 0.377 e. The lowest BCUT2D eigenvalue weighted by atomic mass is 9.85. The Morgan fingerprint density at radius 3 is 2.80 bits per heavy atom. The van der Waals surface area contributed by atoms with E-state index in [1.165, 1.54) is 11.1 Å². The number of methoxy groups -OCH3 is 1. The number of hydrogen-bond donors (Lipinski definition) is 1. The molecular formula is C13H19NO. The van der Waals surface area contributed by atoms with Gasteiger partial charge < -0.3 is 10.1 Å². The van der Waals surface area contributed by atoms with Crippen molar-refractivity contribution in [3.05, 3.63) is 35.4 Å². The van der Waals surface area contributed by atoms with Gasteiger partial charge in [0.05, 0.1) is 11.6 Å². The minimum absolute atomic E-state index is 0.156. The van der Waals surface area contributed by atoms with E-state index in [-0.39, 0.29) is 5.60 Å². The first-order valence-corrected chi connectivity index (χ1v) is 5.51. The maximum Gasteiger partial charge on any atom is 0.0816 e. The van der Waals surface area contributed by atoms with Gasteiger partial charge in [0.2, 0.25) is 0 Å². The van der Waals surface area contributed by atoms with Gasteiger partial charge in [-0.2, -0.15) is 0 Å². The van der Waals surface area contributed by atoms with Crippen molar-refractivity contribution in [1.29, 1.82) is 0 Å². The Labute approximate surface area is 91.6 Å². The molecule has 1 heterocycles. The van der Waals surface area contributed by atoms with Gasteiger partial charge >= 0.3 is 0 Å². The second kappa shape index (κ2) is 3.95. The summed E-state index contributed by atoms with van der Waals surface area (Å²) < 4.78 is 5.57. The van der Waals surface area contributed by atoms with Gasteiger partial charge in [0.25, 0.3) is 0 Å². The molecule has 1 aliphatic heterocycles. The van der Waals surface area contributed by atoms with Crippen molar-refractivity contribution in [2.24, 2.45) is 0 Å². The molecule has 0 fully saturated rings. The van der Waals surface area contributed by atoms with Gasteiger partial charge in [0.15, 0.2) is 0 Å². The van der Waals surface area contributed by atoms with Crippen LogP contribution in [-0.4, -0.2) is 19.3 Å². The molecule has 1 aromatic rings. The molecule has 0 saturated carbocycles. The average molecular weight is 205 g/mol. The molecule has 0 spiro atoms. The lowest BCUT2D eigenvalue weighted by molar-refractivity contribution is -0.0128. The molecule has 2 nitrogen and oxygen atoms in total. The van der Waals surface area contributed by atoms with Crippen LogP contribution in [0.15, 0.2) is 24.3 Å². The summed E-state index contributed by atoms with van der Waals surface area (Å²) in [6.07, 6.45) is 1.12. The molecule has 0 bridgehead atoms. The molecule has 0 aromatic heterocycles. The van der Waals surface area contributed by atoms with Gasteiger partial charge in [-0.1, -0.05) is 24.3 Å². The highest BCUT2D eigenvalue weighted by Crippen LogP contribution is 2.32. The van der Waals surface area contributed by atoms with E-state index in [9.17, 15) is 0 Å². The summed E-state index contributed by atoms with van der Waals surface area (Å²) in [5.41, 5.74) is 2.68. The molecule has 1 aliphatic rings. The quantitative estimate of drug-likeness (QED) is 0.800. The zero-order valence-corrected chi connectivity index (χ0v) is 9.71. The summed E-state index contributed by atoms with van der Waals surface area (Å²) in [6, 6.07) is 8.93. The minimum Gasteiger partial charge on any atom is -0.377 e. The van der Waals surface area contributed by atoms with E-state index in [1.54, 1.807) is 7.11 Å². The SMILES string of the molecule is COC(C)(C)C1NCCc2ccccc21. The molecular weight excluding hydrogens is 186 g/mol. The molecule has 15 heavy (non-hydrogen) atoms. The van der Waals surface area contributed by atoms with E-state index in [4.69, 9.17) is 4.74 Å². The molecule has 2 rings (SSSR count). The Hall–Kier alpha value is -0.860. The maximum atomic E-state index is 5.57. The summed E-state index contributed by atoms with van der Waals surface area (Å²) in [5, 5.41) is 3.54. The second-order valence-electron chi connectivity index (χ2n) is 4.64. The van der Waals surface area contributed by atoms with Crippen molar-refractivity contribution in [3.8, 4) is 0 Å². The van der Waals surface area contributed by atoms with Crippen LogP contribution in [0.1, 0.15) is 31.0 Å². The maximum absolute atomic E-state index is 5.57. The highest BCUT2D eigenvalue weighted by atomic mass is 16.5. The van der Waals surface area contributed by atoms with Crippen LogP contribution in [0.4, 0.5) is 0 Å². The van der Waals surface area contributed by atoms with E-state index in [0.717, 1.165) is 13.0 Å². The summed E-state index contributed by atoms with van der Waals surface area (Å²) in [5.74, 6) is 0. The van der Waals surface area contributed by atoms with Crippen molar-refractivity contribution in [2.75, 3.05) is 13.7 Å². The fourth-order valence-electron chi connectivity index (χ4n) is 2.24. The molecule has 1 atom stereocenters. The third kappa shape index (κ3) is 1.92. The van der Waals surface area contributed by atoms with Crippen molar-refractivity contribution < 1.29 is 4.74 Å². The zero-order valence-electron chi connectivity index (χ0n) is 9.71. The number of hydrogen-bond acceptors (Lipinski definition) is 2. The number of ether oxygens (including phenoxy) is 1. The predicted molar refractivity (Wildman–Crippen MR) is 62.0 cm³/mol. The van der Waals surface area contributed by atoms with Crippen LogP contribution in [0.5, 0.6) is 0 Å². The summed E-state index contributed by atoms with van der Waals surface area (Å²) in [6.45, 7) is 5.30. The molecule has 1 unspecified atom stereocenters. The van der Waals surface area contributed by atoms with Crippen LogP contribution in [0.25, 0.3) is 0 Å². The zero-order chi connectivity index (χ0) is 10.9. The average Bonchev–Trinajstić information content (AvgIpc) is 2.28. The predicted octanol–water partition coefficient (Wildman–Crippen LogP) is 2.30. The smallest absolute Gasteiger partial charge is 0.0816 e. The molecule has 82 valence electrons. The Bertz CT molecular complexity index is 346. The standard InChI is InChI=1S/C13H19NO/c1-13(2,15-3)12-11-7-5-4-6-10(11)8-9-14-12/h4-7,12,14H,8-9H2,1-3H3. The van der Waals surface area contributed by atoms with Crippen molar-refractivity contribution in [3.63, 3.8) is 0 Å². The minimum atomic E-state index is -0.156. The topological polar surface area (TPSA) is 21.3 Å². The number of rotatable bonds is 2. The van der Waals surface area contributed by atoms with Crippen LogP contribution in [0.2, 0.25) is 0 Å². The normalized spacial score (nSPS) is 21.1. The van der Waals surface area contributed by atoms with Crippen LogP contribution < -0.4 is 5.32 Å². The van der Waals surface area contributed by atoms with Crippen molar-refractivity contribution in [2.45, 2.75) is 31.9 Å². The summed E-state index contributed by atoms with van der Waals surface area (Å²) in [7, 11) is 1.78. The Morgan fingerprint density at radius 2 is 2.07 bits per heavy atom.